The van der Waals surface area contributed by atoms with E-state index in [2.05, 4.69) is 0 Å². The average Bonchev–Trinajstić information content (AvgIpc) is 3.34. The largest absolute Gasteiger partial charge is 0.655 e. The van der Waals surface area contributed by atoms with Crippen LogP contribution in [0.25, 0.3) is 0 Å². The molecular formula is C33H76O25Si16. The van der Waals surface area contributed by atoms with E-state index in [9.17, 15) is 9.59 Å². The second kappa shape index (κ2) is 20.1. The first-order valence-electron chi connectivity index (χ1n) is 24.4. The van der Waals surface area contributed by atoms with Crippen molar-refractivity contribution in [1.82, 2.24) is 0 Å². The van der Waals surface area contributed by atoms with E-state index in [1.54, 1.807) is 13.8 Å². The SMILES string of the molecule is CCO[Si](OCC)(O[Si]12O[Si]3(O[Si](C)(C)C)O[Si]4(O[Si](C)(C)C)O[Si]5(O[Si](C)(C)C)O[Si](O[Si](C)(C)C)(O3)O[Si](O[Si](C)(C)C)(O[Si](O[Si](C)(C)C)(O5)O[Si](O[Si](C)(C)C)(O4)O1)O2)c1ccc2c(c1)C(=O)OC2=O. The third-order valence-corrected chi connectivity index (χ3v) is 61.5. The molecule has 0 spiro atoms. The molecule has 0 N–H and O–H groups in total. The van der Waals surface area contributed by atoms with Crippen molar-refractivity contribution in [2.24, 2.45) is 0 Å². The van der Waals surface area contributed by atoms with Crippen LogP contribution in [0.4, 0.5) is 0 Å². The lowest BCUT2D eigenvalue weighted by molar-refractivity contribution is -0.131. The van der Waals surface area contributed by atoms with Crippen molar-refractivity contribution >= 4 is 157 Å². The number of esters is 2. The van der Waals surface area contributed by atoms with Gasteiger partial charge in [0.15, 0.2) is 58.2 Å². The number of hydrogen-bond donors (Lipinski definition) is 0. The molecule has 0 amide bonds. The molecule has 422 valence electrons. The second-order valence-electron chi connectivity index (χ2n) is 24.7. The Morgan fingerprint density at radius 2 is 0.554 bits per heavy atom. The molecule has 7 heterocycles. The van der Waals surface area contributed by atoms with Gasteiger partial charge in [0.1, 0.15) is 0 Å². The number of hydrogen-bond acceptors (Lipinski definition) is 25. The van der Waals surface area contributed by atoms with Crippen LogP contribution in [0.5, 0.6) is 0 Å². The van der Waals surface area contributed by atoms with Crippen LogP contribution in [0.15, 0.2) is 18.2 Å². The smallest absolute Gasteiger partial charge is 0.396 e. The molecule has 7 aliphatic rings. The third-order valence-electron chi connectivity index (χ3n) is 8.94. The van der Waals surface area contributed by atoms with E-state index in [1.807, 2.05) is 137 Å². The van der Waals surface area contributed by atoms with E-state index in [0.29, 0.717) is 0 Å². The first-order chi connectivity index (χ1) is 33.2. The molecule has 8 bridgehead atoms. The Hall–Kier alpha value is 0.950. The number of rotatable bonds is 21. The Labute approximate surface area is 452 Å². The summed E-state index contributed by atoms with van der Waals surface area (Å²) < 4.78 is 166. The number of carbonyl (C=O) groups excluding carboxylic acids is 2. The van der Waals surface area contributed by atoms with Gasteiger partial charge in [-0.1, -0.05) is 6.07 Å². The van der Waals surface area contributed by atoms with Crippen LogP contribution < -0.4 is 5.19 Å². The summed E-state index contributed by atoms with van der Waals surface area (Å²) in [6.07, 6.45) is 0. The lowest BCUT2D eigenvalue weighted by Gasteiger charge is -2.60. The zero-order valence-electron chi connectivity index (χ0n) is 46.9. The highest BCUT2D eigenvalue weighted by Gasteiger charge is 2.92. The summed E-state index contributed by atoms with van der Waals surface area (Å²) in [6.45, 7) is 43.0. The maximum Gasteiger partial charge on any atom is 0.655 e. The molecule has 0 aromatic heterocycles. The summed E-state index contributed by atoms with van der Waals surface area (Å²) in [6, 6.07) is 4.34. The van der Waals surface area contributed by atoms with E-state index >= 15 is 0 Å². The van der Waals surface area contributed by atoms with Crippen molar-refractivity contribution in [3.8, 4) is 0 Å². The minimum atomic E-state index is -5.74. The number of fused-ring (bicyclic) bond motifs is 1. The summed E-state index contributed by atoms with van der Waals surface area (Å²) in [5, 5.41) is 0.157. The maximum absolute atomic E-state index is 13.3. The van der Waals surface area contributed by atoms with Crippen LogP contribution in [0.1, 0.15) is 34.6 Å². The van der Waals surface area contributed by atoms with E-state index in [1.165, 1.54) is 18.2 Å². The molecule has 1 aromatic carbocycles. The predicted octanol–water partition coefficient (Wildman–Crippen LogP) is 5.95. The zero-order valence-corrected chi connectivity index (χ0v) is 62.9. The van der Waals surface area contributed by atoms with Crippen molar-refractivity contribution in [3.63, 3.8) is 0 Å². The third kappa shape index (κ3) is 14.8. The molecule has 6 fully saturated rings. The van der Waals surface area contributed by atoms with Gasteiger partial charge in [-0.2, -0.15) is 0 Å². The highest BCUT2D eigenvalue weighted by atomic mass is 28.7. The molecule has 41 heteroatoms. The summed E-state index contributed by atoms with van der Waals surface area (Å²) in [7, 11) is -69.0. The quantitative estimate of drug-likeness (QED) is 0.0784. The first-order valence-corrected chi connectivity index (χ1v) is 63.0. The van der Waals surface area contributed by atoms with E-state index in [-0.39, 0.29) is 29.5 Å². The second-order valence-corrected chi connectivity index (χ2v) is 80.9. The molecule has 6 saturated heterocycles. The van der Waals surface area contributed by atoms with Gasteiger partial charge >= 0.3 is 93.1 Å². The van der Waals surface area contributed by atoms with Crippen molar-refractivity contribution in [2.45, 2.75) is 151 Å². The zero-order chi connectivity index (χ0) is 55.7. The summed E-state index contributed by atoms with van der Waals surface area (Å²) in [4.78, 5) is 26.1. The van der Waals surface area contributed by atoms with Gasteiger partial charge in [0.25, 0.3) is 0 Å². The highest BCUT2D eigenvalue weighted by Crippen LogP contribution is 2.53. The predicted molar refractivity (Wildman–Crippen MR) is 296 cm³/mol. The van der Waals surface area contributed by atoms with Gasteiger partial charge in [-0.25, -0.2) is 9.59 Å². The monoisotopic (exact) mass is 1320 g/mol. The van der Waals surface area contributed by atoms with Gasteiger partial charge in [-0.05, 0) is 163 Å². The molecule has 0 saturated carbocycles. The normalized spacial score (nSPS) is 35.0. The molecule has 74 heavy (non-hydrogen) atoms. The van der Waals surface area contributed by atoms with Crippen LogP contribution in [-0.4, -0.2) is 165 Å². The van der Waals surface area contributed by atoms with Crippen molar-refractivity contribution in [1.29, 1.82) is 0 Å². The molecule has 7 aliphatic heterocycles. The van der Waals surface area contributed by atoms with Crippen molar-refractivity contribution in [3.05, 3.63) is 29.3 Å². The van der Waals surface area contributed by atoms with E-state index in [4.69, 9.17) is 95.9 Å². The Morgan fingerprint density at radius 1 is 0.338 bits per heavy atom. The Balaban J connectivity index is 1.71. The van der Waals surface area contributed by atoms with Crippen molar-refractivity contribution in [2.75, 3.05) is 13.2 Å². The molecule has 25 nitrogen and oxygen atoms in total. The van der Waals surface area contributed by atoms with E-state index < -0.39 is 151 Å². The Bertz CT molecular complexity index is 2120. The molecule has 8 rings (SSSR count). The topological polar surface area (TPSA) is 246 Å². The molecule has 0 radical (unpaired) electrons. The van der Waals surface area contributed by atoms with Gasteiger partial charge in [0.2, 0.25) is 0 Å². The van der Waals surface area contributed by atoms with Crippen molar-refractivity contribution < 1.29 is 105 Å². The fourth-order valence-electron chi connectivity index (χ4n) is 7.61. The number of ether oxygens (including phenoxy) is 1. The lowest BCUT2D eigenvalue weighted by atomic mass is 10.1. The van der Waals surface area contributed by atoms with E-state index in [0.717, 1.165) is 0 Å². The maximum atomic E-state index is 13.3. The van der Waals surface area contributed by atoms with Gasteiger partial charge in [0, 0.05) is 18.4 Å². The molecule has 0 aliphatic carbocycles. The molecular weight excluding hydrogens is 1250 g/mol. The van der Waals surface area contributed by atoms with Crippen LogP contribution >= 0.6 is 0 Å². The van der Waals surface area contributed by atoms with Gasteiger partial charge in [-0.15, -0.1) is 0 Å². The standard InChI is InChI=1S/C33H76O25Si16/c1-24-36-66(37-25-2,29-26-27-30-31(28-29)33(35)38-32(30)34)46-74-56-71(43-63(15,16)17)50-68(40-60(6,7)8)47-67(39-59(3,4)5)48-69(52-71,41-61(9,10)11)54-73(58-74,45-65(21,22)23)55-70(49-67,42-62(12,13)14)53-72(51-68,57-74)44-64(18,19)20/h26-28H,24-25H2,1-23H3. The Morgan fingerprint density at radius 3 is 0.770 bits per heavy atom. The average molecular weight is 1320 g/mol. The van der Waals surface area contributed by atoms with Crippen LogP contribution in [0, 0.1) is 0 Å². The number of carbonyl (C=O) groups is 2. The fourth-order valence-corrected chi connectivity index (χ4v) is 73.4. The molecule has 0 unspecified atom stereocenters. The minimum absolute atomic E-state index is 0.0168. The van der Waals surface area contributed by atoms with Gasteiger partial charge in [0.05, 0.1) is 11.1 Å². The van der Waals surface area contributed by atoms with Crippen LogP contribution in [0.3, 0.4) is 0 Å². The number of cyclic esters (lactones) is 2. The summed E-state index contributed by atoms with van der Waals surface area (Å²) in [5.74, 6) is -1.72. The highest BCUT2D eigenvalue weighted by molar-refractivity contribution is 7.04. The van der Waals surface area contributed by atoms with Gasteiger partial charge in [-0.3, -0.25) is 0 Å². The molecule has 1 aromatic rings. The summed E-state index contributed by atoms with van der Waals surface area (Å²) in [5.41, 5.74) is -0.0528. The minimum Gasteiger partial charge on any atom is -0.396 e. The van der Waals surface area contributed by atoms with Crippen LogP contribution in [-0.2, 0) is 95.9 Å². The van der Waals surface area contributed by atoms with Crippen LogP contribution in [0.2, 0.25) is 137 Å². The fraction of sp³-hybridized carbons (Fsp3) is 0.758. The Kier molecular flexibility index (Phi) is 17.0. The first kappa shape index (κ1) is 62.5. The summed E-state index contributed by atoms with van der Waals surface area (Å²) >= 11 is 0. The molecule has 0 atom stereocenters. The number of benzene rings is 1. The lowest BCUT2D eigenvalue weighted by Crippen LogP contribution is -2.93. The van der Waals surface area contributed by atoms with Gasteiger partial charge < -0.3 is 95.9 Å².